The van der Waals surface area contributed by atoms with Gasteiger partial charge in [-0.25, -0.2) is 4.98 Å². The average Bonchev–Trinajstić information content (AvgIpc) is 3.11. The van der Waals surface area contributed by atoms with Crippen LogP contribution >= 0.6 is 11.6 Å². The van der Waals surface area contributed by atoms with Crippen molar-refractivity contribution in [1.82, 2.24) is 14.7 Å². The highest BCUT2D eigenvalue weighted by molar-refractivity contribution is 6.32. The lowest BCUT2D eigenvalue weighted by Gasteiger charge is -2.15. The number of hydrogen-bond acceptors (Lipinski definition) is 3. The topological polar surface area (TPSA) is 75.5 Å². The van der Waals surface area contributed by atoms with Crippen molar-refractivity contribution in [2.45, 2.75) is 19.4 Å². The normalized spacial score (nSPS) is 14.2. The van der Waals surface area contributed by atoms with Crippen LogP contribution in [-0.2, 0) is 11.2 Å². The minimum absolute atomic E-state index is 0.0126. The Morgan fingerprint density at radius 1 is 1.36 bits per heavy atom. The number of nitrogens with zero attached hydrogens (tertiary/aromatic N) is 2. The summed E-state index contributed by atoms with van der Waals surface area (Å²) in [6, 6.07) is 10.9. The van der Waals surface area contributed by atoms with Gasteiger partial charge in [0.05, 0.1) is 12.5 Å². The summed E-state index contributed by atoms with van der Waals surface area (Å²) in [5.41, 5.74) is 3.62. The molecule has 0 radical (unpaired) electrons. The standard InChI is InChI=1S/C18H15ClN4O2/c1-10(11-5-6-13-12(8-11)9-15(24)21-13)20-18(25)16-17(19)22-14-4-2-3-7-23(14)16/h2-8,10H,9H2,1H3,(H,20,25)(H,21,24). The molecular formula is C18H15ClN4O2. The molecule has 1 atom stereocenters. The van der Waals surface area contributed by atoms with Gasteiger partial charge in [-0.05, 0) is 36.2 Å². The third kappa shape index (κ3) is 2.74. The molecule has 0 aliphatic carbocycles. The molecule has 7 heteroatoms. The predicted molar refractivity (Wildman–Crippen MR) is 94.9 cm³/mol. The third-order valence-corrected chi connectivity index (χ3v) is 4.57. The van der Waals surface area contributed by atoms with Crippen LogP contribution in [0.2, 0.25) is 5.15 Å². The molecule has 25 heavy (non-hydrogen) atoms. The van der Waals surface area contributed by atoms with Gasteiger partial charge in [-0.1, -0.05) is 29.8 Å². The number of halogens is 1. The molecule has 1 aromatic carbocycles. The Morgan fingerprint density at radius 3 is 3.04 bits per heavy atom. The minimum atomic E-state index is -0.300. The van der Waals surface area contributed by atoms with E-state index in [1.165, 1.54) is 0 Å². The molecule has 0 fully saturated rings. The molecule has 3 aromatic rings. The van der Waals surface area contributed by atoms with E-state index < -0.39 is 0 Å². The molecule has 2 aromatic heterocycles. The molecule has 126 valence electrons. The molecule has 3 heterocycles. The van der Waals surface area contributed by atoms with E-state index in [0.29, 0.717) is 17.8 Å². The van der Waals surface area contributed by atoms with Crippen LogP contribution in [0.5, 0.6) is 0 Å². The second-order valence-corrected chi connectivity index (χ2v) is 6.37. The highest BCUT2D eigenvalue weighted by atomic mass is 35.5. The Labute approximate surface area is 148 Å². The molecular weight excluding hydrogens is 340 g/mol. The van der Waals surface area contributed by atoms with Crippen molar-refractivity contribution in [2.24, 2.45) is 0 Å². The number of rotatable bonds is 3. The fourth-order valence-corrected chi connectivity index (χ4v) is 3.30. The van der Waals surface area contributed by atoms with E-state index in [4.69, 9.17) is 11.6 Å². The second kappa shape index (κ2) is 5.89. The molecule has 1 aliphatic heterocycles. The summed E-state index contributed by atoms with van der Waals surface area (Å²) in [6.07, 6.45) is 2.11. The van der Waals surface area contributed by atoms with Crippen molar-refractivity contribution in [1.29, 1.82) is 0 Å². The number of carbonyl (C=O) groups is 2. The zero-order valence-corrected chi connectivity index (χ0v) is 14.2. The molecule has 0 spiro atoms. The van der Waals surface area contributed by atoms with Gasteiger partial charge >= 0.3 is 0 Å². The summed E-state index contributed by atoms with van der Waals surface area (Å²) in [5.74, 6) is -0.313. The maximum Gasteiger partial charge on any atom is 0.272 e. The van der Waals surface area contributed by atoms with Crippen molar-refractivity contribution in [2.75, 3.05) is 5.32 Å². The highest BCUT2D eigenvalue weighted by Crippen LogP contribution is 2.27. The summed E-state index contributed by atoms with van der Waals surface area (Å²) in [7, 11) is 0. The molecule has 0 bridgehead atoms. The lowest BCUT2D eigenvalue weighted by molar-refractivity contribution is -0.115. The maximum atomic E-state index is 12.7. The van der Waals surface area contributed by atoms with E-state index in [0.717, 1.165) is 16.8 Å². The van der Waals surface area contributed by atoms with Gasteiger partial charge in [0.1, 0.15) is 5.65 Å². The van der Waals surface area contributed by atoms with Crippen LogP contribution < -0.4 is 10.6 Å². The number of fused-ring (bicyclic) bond motifs is 2. The average molecular weight is 355 g/mol. The molecule has 2 amide bonds. The number of imidazole rings is 1. The van der Waals surface area contributed by atoms with Crippen LogP contribution in [0.25, 0.3) is 5.65 Å². The first-order chi connectivity index (χ1) is 12.0. The third-order valence-electron chi connectivity index (χ3n) is 4.30. The van der Waals surface area contributed by atoms with E-state index in [-0.39, 0.29) is 23.0 Å². The highest BCUT2D eigenvalue weighted by Gasteiger charge is 2.22. The predicted octanol–water partition coefficient (Wildman–Crippen LogP) is 2.97. The Hall–Kier alpha value is -2.86. The van der Waals surface area contributed by atoms with Gasteiger partial charge in [0.15, 0.2) is 10.8 Å². The first-order valence-electron chi connectivity index (χ1n) is 7.89. The van der Waals surface area contributed by atoms with E-state index in [1.807, 2.05) is 37.3 Å². The van der Waals surface area contributed by atoms with Gasteiger partial charge in [-0.3, -0.25) is 14.0 Å². The number of aromatic nitrogens is 2. The first-order valence-corrected chi connectivity index (χ1v) is 8.27. The van der Waals surface area contributed by atoms with E-state index >= 15 is 0 Å². The van der Waals surface area contributed by atoms with Crippen LogP contribution in [-0.4, -0.2) is 21.2 Å². The number of anilines is 1. The SMILES string of the molecule is CC(NC(=O)c1c(Cl)nc2ccccn12)c1ccc2c(c1)CC(=O)N2. The van der Waals surface area contributed by atoms with Crippen LogP contribution in [0, 0.1) is 0 Å². The maximum absolute atomic E-state index is 12.7. The van der Waals surface area contributed by atoms with Crippen LogP contribution in [0.1, 0.15) is 34.6 Å². The Bertz CT molecular complexity index is 1010. The summed E-state index contributed by atoms with van der Waals surface area (Å²) in [6.45, 7) is 1.89. The molecule has 2 N–H and O–H groups in total. The Balaban J connectivity index is 1.59. The molecule has 1 unspecified atom stereocenters. The van der Waals surface area contributed by atoms with Gasteiger partial charge in [-0.15, -0.1) is 0 Å². The van der Waals surface area contributed by atoms with E-state index in [1.54, 1.807) is 16.7 Å². The smallest absolute Gasteiger partial charge is 0.272 e. The zero-order valence-electron chi connectivity index (χ0n) is 13.4. The largest absolute Gasteiger partial charge is 0.344 e. The molecule has 1 aliphatic rings. The summed E-state index contributed by atoms with van der Waals surface area (Å²) >= 11 is 6.15. The Kier molecular flexibility index (Phi) is 3.69. The van der Waals surface area contributed by atoms with Crippen molar-refractivity contribution in [3.05, 3.63) is 64.6 Å². The summed E-state index contributed by atoms with van der Waals surface area (Å²) in [5, 5.41) is 5.91. The van der Waals surface area contributed by atoms with Crippen LogP contribution in [0.3, 0.4) is 0 Å². The number of carbonyl (C=O) groups excluding carboxylic acids is 2. The van der Waals surface area contributed by atoms with E-state index in [9.17, 15) is 9.59 Å². The summed E-state index contributed by atoms with van der Waals surface area (Å²) in [4.78, 5) is 28.3. The fourth-order valence-electron chi connectivity index (χ4n) is 3.04. The van der Waals surface area contributed by atoms with Crippen molar-refractivity contribution in [3.8, 4) is 0 Å². The molecule has 4 rings (SSSR count). The van der Waals surface area contributed by atoms with Crippen molar-refractivity contribution < 1.29 is 9.59 Å². The zero-order chi connectivity index (χ0) is 17.6. The monoisotopic (exact) mass is 354 g/mol. The number of amides is 2. The molecule has 0 saturated heterocycles. The van der Waals surface area contributed by atoms with Gasteiger partial charge in [0.2, 0.25) is 5.91 Å². The van der Waals surface area contributed by atoms with Crippen molar-refractivity contribution >= 4 is 34.7 Å². The summed E-state index contributed by atoms with van der Waals surface area (Å²) < 4.78 is 1.66. The minimum Gasteiger partial charge on any atom is -0.344 e. The number of nitrogens with one attached hydrogen (secondary N) is 2. The second-order valence-electron chi connectivity index (χ2n) is 6.02. The van der Waals surface area contributed by atoms with Gasteiger partial charge in [0.25, 0.3) is 5.91 Å². The van der Waals surface area contributed by atoms with Gasteiger partial charge in [-0.2, -0.15) is 0 Å². The molecule has 6 nitrogen and oxygen atoms in total. The first kappa shape index (κ1) is 15.7. The quantitative estimate of drug-likeness (QED) is 0.759. The van der Waals surface area contributed by atoms with E-state index in [2.05, 4.69) is 15.6 Å². The molecule has 0 saturated carbocycles. The van der Waals surface area contributed by atoms with Crippen LogP contribution in [0.15, 0.2) is 42.6 Å². The van der Waals surface area contributed by atoms with Crippen molar-refractivity contribution in [3.63, 3.8) is 0 Å². The van der Waals surface area contributed by atoms with Gasteiger partial charge in [0, 0.05) is 11.9 Å². The number of pyridine rings is 1. The van der Waals surface area contributed by atoms with Gasteiger partial charge < -0.3 is 10.6 Å². The fraction of sp³-hybridized carbons (Fsp3) is 0.167. The number of benzene rings is 1. The lowest BCUT2D eigenvalue weighted by Crippen LogP contribution is -2.28. The Morgan fingerprint density at radius 2 is 2.20 bits per heavy atom. The van der Waals surface area contributed by atoms with Crippen LogP contribution in [0.4, 0.5) is 5.69 Å². The number of hydrogen-bond donors (Lipinski definition) is 2. The lowest BCUT2D eigenvalue weighted by atomic mass is 10.0.